The fraction of sp³-hybridized carbons (Fsp3) is 0.750. The van der Waals surface area contributed by atoms with Crippen LogP contribution in [0.1, 0.15) is 0 Å². The number of aliphatic carboxylic acids is 1. The highest BCUT2D eigenvalue weighted by molar-refractivity contribution is 7.98. The highest BCUT2D eigenvalue weighted by atomic mass is 32.2. The number of hydrogen-bond donors (Lipinski definition) is 1. The van der Waals surface area contributed by atoms with Crippen molar-refractivity contribution in [2.75, 3.05) is 12.0 Å². The van der Waals surface area contributed by atoms with E-state index in [9.17, 15) is 13.6 Å². The lowest BCUT2D eigenvalue weighted by molar-refractivity contribution is -0.161. The van der Waals surface area contributed by atoms with Crippen LogP contribution in [0.4, 0.5) is 8.78 Å². The molecule has 0 unspecified atom stereocenters. The molecule has 5 heteroatoms. The predicted molar refractivity (Wildman–Crippen MR) is 31.0 cm³/mol. The Balaban J connectivity index is 3.85. The molecular weight excluding hydrogens is 150 g/mol. The number of carboxylic acids is 1. The first-order valence-corrected chi connectivity index (χ1v) is 3.50. The summed E-state index contributed by atoms with van der Waals surface area (Å²) < 4.78 is 23.9. The molecule has 0 aliphatic rings. The fourth-order valence-electron chi connectivity index (χ4n) is 0.243. The summed E-state index contributed by atoms with van der Waals surface area (Å²) in [5.74, 6) is -6.29. The molecule has 0 radical (unpaired) electrons. The first-order chi connectivity index (χ1) is 4.00. The van der Waals surface area contributed by atoms with Gasteiger partial charge < -0.3 is 5.11 Å². The third-order valence-corrected chi connectivity index (χ3v) is 1.29. The second kappa shape index (κ2) is 3.00. The van der Waals surface area contributed by atoms with E-state index in [0.717, 1.165) is 11.8 Å². The average molecular weight is 156 g/mol. The van der Waals surface area contributed by atoms with Crippen LogP contribution in [0.2, 0.25) is 0 Å². The predicted octanol–water partition coefficient (Wildman–Crippen LogP) is 1.07. The minimum absolute atomic E-state index is 0.664. The lowest BCUT2D eigenvalue weighted by Gasteiger charge is -2.06. The summed E-state index contributed by atoms with van der Waals surface area (Å²) in [5, 5.41) is 7.81. The number of carbonyl (C=O) groups is 1. The van der Waals surface area contributed by atoms with Crippen LogP contribution < -0.4 is 0 Å². The van der Waals surface area contributed by atoms with Crippen LogP contribution in [0.5, 0.6) is 0 Å². The van der Waals surface area contributed by atoms with Crippen molar-refractivity contribution in [3.05, 3.63) is 0 Å². The van der Waals surface area contributed by atoms with E-state index in [-0.39, 0.29) is 0 Å². The maximum atomic E-state index is 11.9. The minimum Gasteiger partial charge on any atom is -0.477 e. The first-order valence-electron chi connectivity index (χ1n) is 2.11. The molecule has 0 aliphatic carbocycles. The van der Waals surface area contributed by atoms with Gasteiger partial charge in [0.25, 0.3) is 0 Å². The van der Waals surface area contributed by atoms with Gasteiger partial charge in [0.1, 0.15) is 0 Å². The van der Waals surface area contributed by atoms with Gasteiger partial charge in [0.15, 0.2) is 0 Å². The summed E-state index contributed by atoms with van der Waals surface area (Å²) in [7, 11) is 0. The van der Waals surface area contributed by atoms with Gasteiger partial charge in [-0.15, -0.1) is 0 Å². The second-order valence-corrected chi connectivity index (χ2v) is 2.31. The molecule has 0 aromatic rings. The monoisotopic (exact) mass is 156 g/mol. The molecule has 0 spiro atoms. The van der Waals surface area contributed by atoms with Gasteiger partial charge in [-0.1, -0.05) is 0 Å². The van der Waals surface area contributed by atoms with Crippen LogP contribution in [0.25, 0.3) is 0 Å². The highest BCUT2D eigenvalue weighted by Crippen LogP contribution is 2.17. The Kier molecular flexibility index (Phi) is 2.90. The Hall–Kier alpha value is -0.320. The molecule has 0 rings (SSSR count). The summed E-state index contributed by atoms with van der Waals surface area (Å²) >= 11 is 0.806. The third-order valence-electron chi connectivity index (χ3n) is 0.639. The molecular formula is C4H6F2O2S. The SMILES string of the molecule is CSCC(F)(F)C(=O)O. The summed E-state index contributed by atoms with van der Waals surface area (Å²) in [6.07, 6.45) is 1.43. The number of halogens is 2. The van der Waals surface area contributed by atoms with Gasteiger partial charge in [-0.3, -0.25) is 0 Å². The Morgan fingerprint density at radius 1 is 1.78 bits per heavy atom. The molecule has 0 atom stereocenters. The number of rotatable bonds is 3. The van der Waals surface area contributed by atoms with Crippen molar-refractivity contribution in [3.8, 4) is 0 Å². The number of hydrogen-bond acceptors (Lipinski definition) is 2. The van der Waals surface area contributed by atoms with E-state index in [1.165, 1.54) is 6.26 Å². The molecule has 1 N–H and O–H groups in total. The van der Waals surface area contributed by atoms with E-state index in [1.54, 1.807) is 0 Å². The molecule has 54 valence electrons. The molecule has 0 amide bonds. The summed E-state index contributed by atoms with van der Waals surface area (Å²) in [6.45, 7) is 0. The zero-order valence-electron chi connectivity index (χ0n) is 4.73. The van der Waals surface area contributed by atoms with Crippen LogP contribution in [0, 0.1) is 0 Å². The maximum absolute atomic E-state index is 11.9. The lowest BCUT2D eigenvalue weighted by Crippen LogP contribution is -2.30. The van der Waals surface area contributed by atoms with Crippen molar-refractivity contribution < 1.29 is 18.7 Å². The zero-order valence-corrected chi connectivity index (χ0v) is 5.54. The number of alkyl halides is 2. The molecule has 0 aliphatic heterocycles. The minimum atomic E-state index is -3.57. The number of carboxylic acid groups (broad SMARTS) is 1. The quantitative estimate of drug-likeness (QED) is 0.664. The Morgan fingerprint density at radius 2 is 2.22 bits per heavy atom. The Morgan fingerprint density at radius 3 is 2.33 bits per heavy atom. The third kappa shape index (κ3) is 2.64. The summed E-state index contributed by atoms with van der Waals surface area (Å²) in [5.41, 5.74) is 0. The molecule has 9 heavy (non-hydrogen) atoms. The van der Waals surface area contributed by atoms with Gasteiger partial charge in [0.2, 0.25) is 0 Å². The molecule has 2 nitrogen and oxygen atoms in total. The Bertz CT molecular complexity index is 115. The van der Waals surface area contributed by atoms with Gasteiger partial charge in [-0.2, -0.15) is 20.5 Å². The fourth-order valence-corrected chi connectivity index (χ4v) is 0.729. The van der Waals surface area contributed by atoms with Crippen molar-refractivity contribution >= 4 is 17.7 Å². The molecule has 0 saturated carbocycles. The van der Waals surface area contributed by atoms with Crippen LogP contribution in [0.3, 0.4) is 0 Å². The van der Waals surface area contributed by atoms with Crippen LogP contribution in [-0.2, 0) is 4.79 Å². The molecule has 0 bridgehead atoms. The van der Waals surface area contributed by atoms with Gasteiger partial charge in [-0.05, 0) is 6.26 Å². The van der Waals surface area contributed by atoms with Crippen LogP contribution in [0.15, 0.2) is 0 Å². The average Bonchev–Trinajstić information content (AvgIpc) is 1.65. The van der Waals surface area contributed by atoms with E-state index in [2.05, 4.69) is 0 Å². The van der Waals surface area contributed by atoms with E-state index in [1.807, 2.05) is 0 Å². The summed E-state index contributed by atoms with van der Waals surface area (Å²) in [4.78, 5) is 9.65. The van der Waals surface area contributed by atoms with Crippen molar-refractivity contribution in [2.45, 2.75) is 5.92 Å². The number of thioether (sulfide) groups is 1. The standard InChI is InChI=1S/C4H6F2O2S/c1-9-2-4(5,6)3(7)8/h2H2,1H3,(H,7,8). The van der Waals surface area contributed by atoms with E-state index in [4.69, 9.17) is 5.11 Å². The first kappa shape index (κ1) is 8.68. The van der Waals surface area contributed by atoms with Crippen molar-refractivity contribution in [1.29, 1.82) is 0 Å². The molecule has 0 aromatic heterocycles. The normalized spacial score (nSPS) is 11.4. The van der Waals surface area contributed by atoms with E-state index < -0.39 is 17.6 Å². The van der Waals surface area contributed by atoms with E-state index >= 15 is 0 Å². The maximum Gasteiger partial charge on any atom is 0.375 e. The lowest BCUT2D eigenvalue weighted by atomic mass is 10.4. The zero-order chi connectivity index (χ0) is 7.49. The second-order valence-electron chi connectivity index (χ2n) is 1.44. The van der Waals surface area contributed by atoms with Crippen molar-refractivity contribution in [2.24, 2.45) is 0 Å². The van der Waals surface area contributed by atoms with Gasteiger partial charge >= 0.3 is 11.9 Å². The van der Waals surface area contributed by atoms with E-state index in [0.29, 0.717) is 0 Å². The van der Waals surface area contributed by atoms with Gasteiger partial charge in [0.05, 0.1) is 5.75 Å². The molecule has 0 heterocycles. The van der Waals surface area contributed by atoms with Crippen LogP contribution >= 0.6 is 11.8 Å². The topological polar surface area (TPSA) is 37.3 Å². The van der Waals surface area contributed by atoms with Crippen LogP contribution in [-0.4, -0.2) is 29.0 Å². The Labute approximate surface area is 55.2 Å². The molecule has 0 aromatic carbocycles. The van der Waals surface area contributed by atoms with Gasteiger partial charge in [0, 0.05) is 0 Å². The summed E-state index contributed by atoms with van der Waals surface area (Å²) in [6, 6.07) is 0. The van der Waals surface area contributed by atoms with Crippen molar-refractivity contribution in [1.82, 2.24) is 0 Å². The highest BCUT2D eigenvalue weighted by Gasteiger charge is 2.37. The molecule has 0 fully saturated rings. The van der Waals surface area contributed by atoms with Crippen molar-refractivity contribution in [3.63, 3.8) is 0 Å². The largest absolute Gasteiger partial charge is 0.477 e. The molecule has 0 saturated heterocycles. The smallest absolute Gasteiger partial charge is 0.375 e. The van der Waals surface area contributed by atoms with Gasteiger partial charge in [-0.25, -0.2) is 4.79 Å².